The normalized spacial score (nSPS) is 11.1. The van der Waals surface area contributed by atoms with E-state index in [9.17, 15) is 0 Å². The van der Waals surface area contributed by atoms with Crippen molar-refractivity contribution in [3.8, 4) is 0 Å². The molecule has 24 nitrogen and oxygen atoms in total. The van der Waals surface area contributed by atoms with Gasteiger partial charge in [0.1, 0.15) is 0 Å². The molecular formula is H12AlO24P6Y. The van der Waals surface area contributed by atoms with E-state index in [1.807, 2.05) is 0 Å². The van der Waals surface area contributed by atoms with Crippen molar-refractivity contribution in [3.05, 3.63) is 0 Å². The number of hydrogen-bond donors (Lipinski definition) is 12. The van der Waals surface area contributed by atoms with E-state index in [0.717, 1.165) is 0 Å². The van der Waals surface area contributed by atoms with Gasteiger partial charge in [-0.25, -0.2) is 0 Å². The van der Waals surface area contributed by atoms with Crippen molar-refractivity contribution >= 4 is 64.3 Å². The van der Waals surface area contributed by atoms with Crippen molar-refractivity contribution < 1.29 is 148 Å². The second kappa shape index (κ2) is 23.7. The molecule has 0 aromatic heterocycles. The minimum Gasteiger partial charge on any atom is -0.756 e. The summed E-state index contributed by atoms with van der Waals surface area (Å²) in [5, 5.41) is 0. The second-order valence-electron chi connectivity index (χ2n) is 2.94. The summed E-state index contributed by atoms with van der Waals surface area (Å²) < 4.78 is 52.6. The third-order valence-electron chi connectivity index (χ3n) is 0. The fourth-order valence-electron chi connectivity index (χ4n) is 0. The summed E-state index contributed by atoms with van der Waals surface area (Å²) >= 11 is 0. The van der Waals surface area contributed by atoms with Gasteiger partial charge in [-0.05, 0) is 0 Å². The molecular weight excluding hydrogens is 686 g/mol. The zero-order chi connectivity index (χ0) is 27.0. The molecule has 0 amide bonds. The van der Waals surface area contributed by atoms with Crippen LogP contribution in [0.1, 0.15) is 0 Å². The molecule has 32 heteroatoms. The Morgan fingerprint density at radius 1 is 0.312 bits per heavy atom. The molecule has 0 aliphatic heterocycles. The zero-order valence-electron chi connectivity index (χ0n) is 14.1. The Balaban J connectivity index is -0.0000000356. The molecule has 0 aliphatic rings. The van der Waals surface area contributed by atoms with E-state index in [-0.39, 0.29) is 50.1 Å². The molecule has 32 heavy (non-hydrogen) atoms. The average molecular weight is 698 g/mol. The quantitative estimate of drug-likeness (QED) is 0.0825. The fraction of sp³-hybridized carbons (Fsp3) is 0. The number of hydrogen-bond acceptors (Lipinski definition) is 12. The van der Waals surface area contributed by atoms with Crippen LogP contribution < -0.4 is 29.4 Å². The molecule has 12 N–H and O–H groups in total. The van der Waals surface area contributed by atoms with Crippen LogP contribution in [0.25, 0.3) is 0 Å². The molecule has 0 rings (SSSR count). The van der Waals surface area contributed by atoms with Gasteiger partial charge in [0.25, 0.3) is 46.9 Å². The minimum absolute atomic E-state index is 0. The Labute approximate surface area is 211 Å². The summed E-state index contributed by atoms with van der Waals surface area (Å²) in [7, 11) is -29.3. The van der Waals surface area contributed by atoms with Gasteiger partial charge >= 0.3 is 50.1 Å². The Hall–Kier alpha value is 2.30. The van der Waals surface area contributed by atoms with Crippen LogP contribution in [0.3, 0.4) is 0 Å². The molecule has 0 atom stereocenters. The van der Waals surface area contributed by atoms with Crippen molar-refractivity contribution in [1.82, 2.24) is 0 Å². The molecule has 0 saturated heterocycles. The van der Waals surface area contributed by atoms with Crippen molar-refractivity contribution in [2.24, 2.45) is 0 Å². The molecule has 0 saturated carbocycles. The van der Waals surface area contributed by atoms with Gasteiger partial charge in [0.05, 0.1) is 0 Å². The zero-order valence-corrected chi connectivity index (χ0v) is 23.5. The standard InChI is InChI=1S/Al.6H3O4P.Y/c;6*1-5(2,3)4;/h;6*(H3,1,2,3,4);/q+3;;;;;;;+3/p-6. The van der Waals surface area contributed by atoms with Crippen LogP contribution in [-0.4, -0.2) is 76.1 Å². The summed E-state index contributed by atoms with van der Waals surface area (Å²) in [6.07, 6.45) is 0. The fourth-order valence-corrected chi connectivity index (χ4v) is 0. The molecule has 0 fully saturated rings. The Kier molecular flexibility index (Phi) is 40.7. The average Bonchev–Trinajstić information content (AvgIpc) is 1.94. The van der Waals surface area contributed by atoms with E-state index >= 15 is 0 Å². The molecule has 0 aromatic rings. The topological polar surface area (TPSA) is 484 Å². The summed E-state index contributed by atoms with van der Waals surface area (Å²) in [6.45, 7) is 0. The van der Waals surface area contributed by atoms with Crippen LogP contribution in [0.4, 0.5) is 0 Å². The van der Waals surface area contributed by atoms with Gasteiger partial charge in [-0.2, -0.15) is 0 Å². The monoisotopic (exact) mass is 698 g/mol. The van der Waals surface area contributed by atoms with E-state index in [0.29, 0.717) is 0 Å². The first-order chi connectivity index (χ1) is 12.0. The van der Waals surface area contributed by atoms with E-state index in [1.165, 1.54) is 0 Å². The molecule has 0 aromatic carbocycles. The van der Waals surface area contributed by atoms with Crippen molar-refractivity contribution in [2.75, 3.05) is 0 Å². The predicted octanol–water partition coefficient (Wildman–Crippen LogP) is -9.75. The van der Waals surface area contributed by atoms with Gasteiger partial charge in [0.15, 0.2) is 0 Å². The first kappa shape index (κ1) is 55.0. The molecule has 0 spiro atoms. The van der Waals surface area contributed by atoms with Gasteiger partial charge in [-0.1, -0.05) is 0 Å². The Bertz CT molecular complexity index is 467. The SMILES string of the molecule is O=P([O-])(O)O.O=P([O-])(O)O.O=P([O-])(O)O.O=P([O-])(O)O.O=P([O-])(O)O.O=P([O-])(O)O.[Al+3].[Y+3]. The maximum Gasteiger partial charge on any atom is 3.00 e. The second-order valence-corrected chi connectivity index (χ2v) is 8.83. The predicted molar refractivity (Wildman–Crippen MR) is 78.0 cm³/mol. The van der Waals surface area contributed by atoms with Crippen LogP contribution in [0.2, 0.25) is 0 Å². The summed E-state index contributed by atoms with van der Waals surface area (Å²) in [5.41, 5.74) is 0. The van der Waals surface area contributed by atoms with Crippen LogP contribution in [-0.2, 0) is 60.1 Å². The van der Waals surface area contributed by atoms with Gasteiger partial charge < -0.3 is 88.1 Å². The molecule has 192 valence electrons. The van der Waals surface area contributed by atoms with E-state index in [4.69, 9.17) is 115 Å². The third-order valence-corrected chi connectivity index (χ3v) is 0. The van der Waals surface area contributed by atoms with Gasteiger partial charge in [0, 0.05) is 0 Å². The summed E-state index contributed by atoms with van der Waals surface area (Å²) in [6, 6.07) is 0. The molecule has 0 radical (unpaired) electrons. The smallest absolute Gasteiger partial charge is 0.756 e. The maximum absolute atomic E-state index is 8.77. The summed E-state index contributed by atoms with van der Waals surface area (Å²) in [4.78, 5) is 138. The third kappa shape index (κ3) is 6000. The first-order valence-electron chi connectivity index (χ1n) is 4.59. The summed E-state index contributed by atoms with van der Waals surface area (Å²) in [5.74, 6) is 0. The Morgan fingerprint density at radius 3 is 0.312 bits per heavy atom. The van der Waals surface area contributed by atoms with Crippen LogP contribution in [0, 0.1) is 0 Å². The molecule has 0 unspecified atom stereocenters. The maximum atomic E-state index is 8.77. The first-order valence-corrected chi connectivity index (χ1v) is 13.8. The Morgan fingerprint density at radius 2 is 0.312 bits per heavy atom. The minimum atomic E-state index is -4.89. The van der Waals surface area contributed by atoms with Crippen LogP contribution in [0.15, 0.2) is 0 Å². The van der Waals surface area contributed by atoms with Gasteiger partial charge in [-0.15, -0.1) is 0 Å². The van der Waals surface area contributed by atoms with E-state index in [2.05, 4.69) is 0 Å². The van der Waals surface area contributed by atoms with Crippen molar-refractivity contribution in [3.63, 3.8) is 0 Å². The van der Waals surface area contributed by atoms with Gasteiger partial charge in [0.2, 0.25) is 0 Å². The number of rotatable bonds is 0. The van der Waals surface area contributed by atoms with Crippen molar-refractivity contribution in [2.45, 2.75) is 0 Å². The van der Waals surface area contributed by atoms with Gasteiger partial charge in [-0.3, -0.25) is 27.4 Å². The van der Waals surface area contributed by atoms with E-state index in [1.54, 1.807) is 0 Å². The van der Waals surface area contributed by atoms with Crippen LogP contribution >= 0.6 is 46.9 Å². The van der Waals surface area contributed by atoms with Crippen molar-refractivity contribution in [1.29, 1.82) is 0 Å². The van der Waals surface area contributed by atoms with E-state index < -0.39 is 46.9 Å². The van der Waals surface area contributed by atoms with Crippen LogP contribution in [0.5, 0.6) is 0 Å². The number of phosphoric acid groups is 6. The molecule has 0 aliphatic carbocycles. The molecule has 0 heterocycles. The molecule has 0 bridgehead atoms. The largest absolute Gasteiger partial charge is 3.00 e.